The van der Waals surface area contributed by atoms with E-state index in [0.29, 0.717) is 0 Å². The van der Waals surface area contributed by atoms with Crippen molar-refractivity contribution in [2.24, 2.45) is 0 Å². The van der Waals surface area contributed by atoms with Gasteiger partial charge in [0.2, 0.25) is 0 Å². The molecule has 1 aromatic rings. The number of thioether (sulfide) groups is 1. The number of nitrogens with one attached hydrogen (secondary N) is 1. The monoisotopic (exact) mass is 261 g/mol. The second kappa shape index (κ2) is 6.01. The van der Waals surface area contributed by atoms with E-state index in [1.54, 1.807) is 0 Å². The van der Waals surface area contributed by atoms with Crippen molar-refractivity contribution >= 4 is 17.4 Å². The average Bonchev–Trinajstić information content (AvgIpc) is 2.63. The predicted molar refractivity (Wildman–Crippen MR) is 81.5 cm³/mol. The maximum absolute atomic E-state index is 3.64. The molecular formula is C16H23NS. The zero-order chi connectivity index (χ0) is 12.2. The summed E-state index contributed by atoms with van der Waals surface area (Å²) in [6.07, 6.45) is 9.86. The first-order chi connectivity index (χ1) is 8.92. The Kier molecular flexibility index (Phi) is 4.14. The molecule has 1 saturated carbocycles. The third-order valence-corrected chi connectivity index (χ3v) is 5.85. The van der Waals surface area contributed by atoms with Gasteiger partial charge < -0.3 is 5.32 Å². The Balaban J connectivity index is 1.57. The minimum Gasteiger partial charge on any atom is -0.384 e. The summed E-state index contributed by atoms with van der Waals surface area (Å²) in [6, 6.07) is 8.80. The van der Waals surface area contributed by atoms with Crippen LogP contribution in [-0.4, -0.2) is 17.0 Å². The van der Waals surface area contributed by atoms with Crippen LogP contribution in [0.4, 0.5) is 5.69 Å². The molecule has 1 nitrogen and oxygen atoms in total. The molecule has 0 radical (unpaired) electrons. The molecule has 3 rings (SSSR count). The molecule has 1 N–H and O–H groups in total. The van der Waals surface area contributed by atoms with E-state index in [2.05, 4.69) is 41.3 Å². The zero-order valence-electron chi connectivity index (χ0n) is 11.0. The van der Waals surface area contributed by atoms with E-state index in [4.69, 9.17) is 0 Å². The number of hydrogen-bond acceptors (Lipinski definition) is 2. The molecule has 1 atom stereocenters. The van der Waals surface area contributed by atoms with Gasteiger partial charge in [-0.2, -0.15) is 11.8 Å². The number of fused-ring (bicyclic) bond motifs is 1. The lowest BCUT2D eigenvalue weighted by molar-refractivity contribution is 0.514. The Morgan fingerprint density at radius 1 is 0.944 bits per heavy atom. The molecule has 1 fully saturated rings. The standard InChI is InChI=1S/C16H23NS/c1-2-7-14(8-3-1)18-15-11-10-13-6-4-5-9-16(13)17-12-15/h4-6,9,14-15,17H,1-3,7-8,10-12H2. The molecule has 2 aliphatic rings. The fraction of sp³-hybridized carbons (Fsp3) is 0.625. The molecule has 1 aliphatic carbocycles. The van der Waals surface area contributed by atoms with E-state index < -0.39 is 0 Å². The topological polar surface area (TPSA) is 12.0 Å². The van der Waals surface area contributed by atoms with Crippen LogP contribution in [-0.2, 0) is 6.42 Å². The Labute approximate surface area is 115 Å². The molecule has 0 spiro atoms. The van der Waals surface area contributed by atoms with Crippen LogP contribution in [0.3, 0.4) is 0 Å². The normalized spacial score (nSPS) is 25.0. The maximum atomic E-state index is 3.64. The van der Waals surface area contributed by atoms with Crippen LogP contribution in [0.1, 0.15) is 44.1 Å². The van der Waals surface area contributed by atoms with Crippen LogP contribution < -0.4 is 5.32 Å². The second-order valence-corrected chi connectivity index (χ2v) is 7.20. The van der Waals surface area contributed by atoms with E-state index in [9.17, 15) is 0 Å². The largest absolute Gasteiger partial charge is 0.384 e. The van der Waals surface area contributed by atoms with Crippen molar-refractivity contribution in [2.75, 3.05) is 11.9 Å². The molecular weight excluding hydrogens is 238 g/mol. The number of benzene rings is 1. The molecule has 1 heterocycles. The average molecular weight is 261 g/mol. The second-order valence-electron chi connectivity index (χ2n) is 5.59. The Bertz CT molecular complexity index is 357. The molecule has 0 aromatic heterocycles. The molecule has 98 valence electrons. The predicted octanol–water partition coefficient (Wildman–Crippen LogP) is 4.48. The quantitative estimate of drug-likeness (QED) is 0.842. The minimum atomic E-state index is 0.806. The zero-order valence-corrected chi connectivity index (χ0v) is 11.8. The first-order valence-electron chi connectivity index (χ1n) is 7.39. The van der Waals surface area contributed by atoms with Gasteiger partial charge in [0.1, 0.15) is 0 Å². The maximum Gasteiger partial charge on any atom is 0.0373 e. The fourth-order valence-corrected chi connectivity index (χ4v) is 4.73. The third-order valence-electron chi connectivity index (χ3n) is 4.21. The van der Waals surface area contributed by atoms with E-state index in [1.807, 2.05) is 0 Å². The van der Waals surface area contributed by atoms with Crippen LogP contribution in [0.15, 0.2) is 24.3 Å². The number of aryl methyl sites for hydroxylation is 1. The molecule has 1 aliphatic heterocycles. The highest BCUT2D eigenvalue weighted by molar-refractivity contribution is 8.00. The van der Waals surface area contributed by atoms with Gasteiger partial charge in [-0.3, -0.25) is 0 Å². The van der Waals surface area contributed by atoms with Crippen LogP contribution >= 0.6 is 11.8 Å². The van der Waals surface area contributed by atoms with Gasteiger partial charge in [0.15, 0.2) is 0 Å². The van der Waals surface area contributed by atoms with Crippen LogP contribution in [0.25, 0.3) is 0 Å². The number of anilines is 1. The Hall–Kier alpha value is -0.630. The highest BCUT2D eigenvalue weighted by Crippen LogP contribution is 2.34. The molecule has 0 bridgehead atoms. The molecule has 1 unspecified atom stereocenters. The van der Waals surface area contributed by atoms with Crippen molar-refractivity contribution in [1.29, 1.82) is 0 Å². The minimum absolute atomic E-state index is 0.806. The third kappa shape index (κ3) is 3.03. The summed E-state index contributed by atoms with van der Waals surface area (Å²) in [5.74, 6) is 0. The summed E-state index contributed by atoms with van der Waals surface area (Å²) in [5, 5.41) is 5.39. The highest BCUT2D eigenvalue weighted by Gasteiger charge is 2.21. The fourth-order valence-electron chi connectivity index (χ4n) is 3.14. The SMILES string of the molecule is c1ccc2c(c1)CCC(SC1CCCCC1)CN2. The van der Waals surface area contributed by atoms with E-state index in [-0.39, 0.29) is 0 Å². The first kappa shape index (κ1) is 12.4. The first-order valence-corrected chi connectivity index (χ1v) is 8.33. The van der Waals surface area contributed by atoms with Crippen LogP contribution in [0.5, 0.6) is 0 Å². The van der Waals surface area contributed by atoms with Gasteiger partial charge in [-0.25, -0.2) is 0 Å². The van der Waals surface area contributed by atoms with Crippen molar-refractivity contribution in [3.05, 3.63) is 29.8 Å². The Morgan fingerprint density at radius 3 is 2.67 bits per heavy atom. The lowest BCUT2D eigenvalue weighted by atomic mass is 10.0. The molecule has 1 aromatic carbocycles. The summed E-state index contributed by atoms with van der Waals surface area (Å²) in [4.78, 5) is 0. The molecule has 0 saturated heterocycles. The number of hydrogen-bond donors (Lipinski definition) is 1. The summed E-state index contributed by atoms with van der Waals surface area (Å²) in [7, 11) is 0. The summed E-state index contributed by atoms with van der Waals surface area (Å²) < 4.78 is 0. The van der Waals surface area contributed by atoms with Crippen LogP contribution in [0.2, 0.25) is 0 Å². The van der Waals surface area contributed by atoms with Gasteiger partial charge in [-0.1, -0.05) is 37.5 Å². The van der Waals surface area contributed by atoms with Crippen LogP contribution in [0, 0.1) is 0 Å². The lowest BCUT2D eigenvalue weighted by Crippen LogP contribution is -2.20. The Morgan fingerprint density at radius 2 is 1.78 bits per heavy atom. The molecule has 18 heavy (non-hydrogen) atoms. The number of rotatable bonds is 2. The van der Waals surface area contributed by atoms with Crippen molar-refractivity contribution in [3.8, 4) is 0 Å². The van der Waals surface area contributed by atoms with E-state index in [0.717, 1.165) is 17.0 Å². The van der Waals surface area contributed by atoms with E-state index in [1.165, 1.54) is 56.2 Å². The summed E-state index contributed by atoms with van der Waals surface area (Å²) in [6.45, 7) is 1.15. The van der Waals surface area contributed by atoms with Crippen molar-refractivity contribution < 1.29 is 0 Å². The van der Waals surface area contributed by atoms with Gasteiger partial charge in [0, 0.05) is 22.7 Å². The lowest BCUT2D eigenvalue weighted by Gasteiger charge is -2.25. The summed E-state index contributed by atoms with van der Waals surface area (Å²) >= 11 is 2.26. The smallest absolute Gasteiger partial charge is 0.0373 e. The summed E-state index contributed by atoms with van der Waals surface area (Å²) in [5.41, 5.74) is 2.87. The van der Waals surface area contributed by atoms with Crippen molar-refractivity contribution in [2.45, 2.75) is 55.4 Å². The highest BCUT2D eigenvalue weighted by atomic mass is 32.2. The van der Waals surface area contributed by atoms with E-state index >= 15 is 0 Å². The van der Waals surface area contributed by atoms with Gasteiger partial charge in [0.25, 0.3) is 0 Å². The van der Waals surface area contributed by atoms with Gasteiger partial charge >= 0.3 is 0 Å². The van der Waals surface area contributed by atoms with Gasteiger partial charge in [-0.15, -0.1) is 0 Å². The van der Waals surface area contributed by atoms with Gasteiger partial charge in [0.05, 0.1) is 0 Å². The van der Waals surface area contributed by atoms with Crippen molar-refractivity contribution in [1.82, 2.24) is 0 Å². The molecule has 0 amide bonds. The molecule has 2 heteroatoms. The van der Waals surface area contributed by atoms with Crippen molar-refractivity contribution in [3.63, 3.8) is 0 Å². The number of para-hydroxylation sites is 1. The van der Waals surface area contributed by atoms with Gasteiger partial charge in [-0.05, 0) is 37.3 Å².